The van der Waals surface area contributed by atoms with Crippen LogP contribution in [0.4, 0.5) is 23.1 Å². The third-order valence-corrected chi connectivity index (χ3v) is 6.90. The third kappa shape index (κ3) is 3.58. The van der Waals surface area contributed by atoms with Gasteiger partial charge in [0.15, 0.2) is 0 Å². The largest absolute Gasteiger partial charge is 0.393 e. The first kappa shape index (κ1) is 18.3. The molecule has 8 nitrogen and oxygen atoms in total. The molecule has 4 fully saturated rings. The molecule has 2 aromatic rings. The van der Waals surface area contributed by atoms with Gasteiger partial charge in [-0.2, -0.15) is 0 Å². The minimum Gasteiger partial charge on any atom is -0.393 e. The van der Waals surface area contributed by atoms with Crippen LogP contribution in [0.1, 0.15) is 43.7 Å². The first-order chi connectivity index (χ1) is 14.7. The Kier molecular flexibility index (Phi) is 4.49. The highest BCUT2D eigenvalue weighted by Gasteiger charge is 2.38. The zero-order valence-electron chi connectivity index (χ0n) is 17.2. The van der Waals surface area contributed by atoms with E-state index in [1.807, 2.05) is 12.4 Å². The van der Waals surface area contributed by atoms with Gasteiger partial charge in [0.25, 0.3) is 0 Å². The van der Waals surface area contributed by atoms with Gasteiger partial charge >= 0.3 is 0 Å². The van der Waals surface area contributed by atoms with E-state index in [1.165, 1.54) is 24.9 Å². The summed E-state index contributed by atoms with van der Waals surface area (Å²) >= 11 is 0. The topological polar surface area (TPSA) is 89.4 Å². The molecule has 6 rings (SSSR count). The van der Waals surface area contributed by atoms with Crippen molar-refractivity contribution in [3.63, 3.8) is 0 Å². The molecule has 30 heavy (non-hydrogen) atoms. The number of rotatable bonds is 5. The molecule has 5 heterocycles. The van der Waals surface area contributed by atoms with Gasteiger partial charge in [0.1, 0.15) is 17.5 Å². The molecule has 3 N–H and O–H groups in total. The van der Waals surface area contributed by atoms with Crippen LogP contribution >= 0.6 is 0 Å². The molecule has 3 aliphatic heterocycles. The average molecular weight is 408 g/mol. The Morgan fingerprint density at radius 3 is 2.57 bits per heavy atom. The summed E-state index contributed by atoms with van der Waals surface area (Å²) in [6.45, 7) is 3.76. The number of fused-ring (bicyclic) bond motifs is 2. The van der Waals surface area contributed by atoms with Gasteiger partial charge in [-0.25, -0.2) is 9.97 Å². The molecule has 0 radical (unpaired) electrons. The number of aliphatic hydroxyl groups is 1. The molecule has 4 aliphatic rings. The van der Waals surface area contributed by atoms with Crippen LogP contribution in [0.15, 0.2) is 24.5 Å². The lowest BCUT2D eigenvalue weighted by molar-refractivity contribution is 0.145. The smallest absolute Gasteiger partial charge is 0.150 e. The van der Waals surface area contributed by atoms with E-state index in [2.05, 4.69) is 42.5 Å². The fourth-order valence-electron chi connectivity index (χ4n) is 4.99. The average Bonchev–Trinajstić information content (AvgIpc) is 3.40. The van der Waals surface area contributed by atoms with E-state index in [9.17, 15) is 5.11 Å². The summed E-state index contributed by atoms with van der Waals surface area (Å²) in [7, 11) is 0. The second kappa shape index (κ2) is 7.35. The van der Waals surface area contributed by atoms with Crippen molar-refractivity contribution >= 4 is 23.1 Å². The van der Waals surface area contributed by atoms with E-state index in [4.69, 9.17) is 4.98 Å². The Labute approximate surface area is 176 Å². The molecule has 0 aromatic carbocycles. The zero-order chi connectivity index (χ0) is 20.1. The second-order valence-electron chi connectivity index (χ2n) is 9.16. The van der Waals surface area contributed by atoms with Gasteiger partial charge < -0.3 is 25.5 Å². The van der Waals surface area contributed by atoms with E-state index in [1.54, 1.807) is 0 Å². The molecule has 3 saturated heterocycles. The molecular formula is C22H29N7O. The predicted octanol–water partition coefficient (Wildman–Crippen LogP) is 2.00. The summed E-state index contributed by atoms with van der Waals surface area (Å²) in [5.74, 6) is 3.11. The summed E-state index contributed by atoms with van der Waals surface area (Å²) in [5, 5.41) is 16.9. The number of piperidine rings is 1. The van der Waals surface area contributed by atoms with Crippen LogP contribution in [0.5, 0.6) is 0 Å². The number of piperazine rings is 1. The summed E-state index contributed by atoms with van der Waals surface area (Å²) < 4.78 is 0. The van der Waals surface area contributed by atoms with Gasteiger partial charge in [-0.1, -0.05) is 0 Å². The van der Waals surface area contributed by atoms with Crippen LogP contribution < -0.4 is 20.4 Å². The Morgan fingerprint density at radius 2 is 1.90 bits per heavy atom. The molecule has 0 amide bonds. The first-order valence-corrected chi connectivity index (χ1v) is 11.3. The molecule has 1 saturated carbocycles. The van der Waals surface area contributed by atoms with Crippen molar-refractivity contribution < 1.29 is 5.11 Å². The fraction of sp³-hybridized carbons (Fsp3) is 0.591. The molecule has 2 unspecified atom stereocenters. The number of anilines is 4. The number of aromatic nitrogens is 3. The number of nitrogens with one attached hydrogen (secondary N) is 2. The Hall–Kier alpha value is -2.45. The molecule has 2 bridgehead atoms. The highest BCUT2D eigenvalue weighted by atomic mass is 16.3. The number of pyridine rings is 1. The minimum atomic E-state index is -0.192. The zero-order valence-corrected chi connectivity index (χ0v) is 17.2. The lowest BCUT2D eigenvalue weighted by Crippen LogP contribution is -2.43. The van der Waals surface area contributed by atoms with Gasteiger partial charge in [-0.3, -0.25) is 4.98 Å². The van der Waals surface area contributed by atoms with Crippen LogP contribution in [-0.4, -0.2) is 64.4 Å². The summed E-state index contributed by atoms with van der Waals surface area (Å²) in [4.78, 5) is 18.9. The standard InChI is InChI=1S/C22H29N7O/c30-18-3-5-28(6-4-18)22-9-16(29-13-15-7-17(29)10-23-15)8-20(27-22)26-21-12-24-19(11-25-21)14-1-2-14/h8-9,11-12,14-15,17-18,23,30H,1-7,10,13H2,(H,25,26,27). The summed E-state index contributed by atoms with van der Waals surface area (Å²) in [5.41, 5.74) is 2.31. The van der Waals surface area contributed by atoms with E-state index >= 15 is 0 Å². The first-order valence-electron chi connectivity index (χ1n) is 11.3. The van der Waals surface area contributed by atoms with Gasteiger partial charge in [-0.15, -0.1) is 0 Å². The van der Waals surface area contributed by atoms with Crippen molar-refractivity contribution in [3.8, 4) is 0 Å². The van der Waals surface area contributed by atoms with Gasteiger partial charge in [0.2, 0.25) is 0 Å². The van der Waals surface area contributed by atoms with Gasteiger partial charge in [0, 0.05) is 62.0 Å². The fourth-order valence-corrected chi connectivity index (χ4v) is 4.99. The number of hydrogen-bond acceptors (Lipinski definition) is 8. The van der Waals surface area contributed by atoms with E-state index < -0.39 is 0 Å². The van der Waals surface area contributed by atoms with Crippen molar-refractivity contribution in [2.45, 2.75) is 56.2 Å². The van der Waals surface area contributed by atoms with Crippen LogP contribution in [-0.2, 0) is 0 Å². The normalized spacial score (nSPS) is 26.4. The van der Waals surface area contributed by atoms with Crippen molar-refractivity contribution in [1.29, 1.82) is 0 Å². The Balaban J connectivity index is 1.28. The third-order valence-electron chi connectivity index (χ3n) is 6.90. The van der Waals surface area contributed by atoms with E-state index in [-0.39, 0.29) is 6.10 Å². The lowest BCUT2D eigenvalue weighted by Gasteiger charge is -2.33. The Morgan fingerprint density at radius 1 is 1.03 bits per heavy atom. The maximum Gasteiger partial charge on any atom is 0.150 e. The molecule has 8 heteroatoms. The maximum atomic E-state index is 9.90. The SMILES string of the molecule is OC1CCN(c2cc(N3CC4CC3CN4)cc(Nc3cnc(C4CC4)cn3)n2)CC1. The maximum absolute atomic E-state index is 9.90. The number of aliphatic hydroxyl groups excluding tert-OH is 1. The van der Waals surface area contributed by atoms with Gasteiger partial charge in [0.05, 0.1) is 24.2 Å². The number of nitrogens with zero attached hydrogens (tertiary/aromatic N) is 5. The minimum absolute atomic E-state index is 0.192. The van der Waals surface area contributed by atoms with Crippen molar-refractivity contribution in [2.24, 2.45) is 0 Å². The molecule has 158 valence electrons. The quantitative estimate of drug-likeness (QED) is 0.694. The van der Waals surface area contributed by atoms with Crippen LogP contribution in [0.3, 0.4) is 0 Å². The van der Waals surface area contributed by atoms with Gasteiger partial charge in [-0.05, 0) is 32.1 Å². The van der Waals surface area contributed by atoms with Crippen LogP contribution in [0, 0.1) is 0 Å². The summed E-state index contributed by atoms with van der Waals surface area (Å²) in [6.07, 6.45) is 8.77. The highest BCUT2D eigenvalue weighted by molar-refractivity contribution is 5.66. The monoisotopic (exact) mass is 407 g/mol. The highest BCUT2D eigenvalue weighted by Crippen LogP contribution is 2.39. The molecule has 2 aromatic heterocycles. The molecule has 1 aliphatic carbocycles. The second-order valence-corrected chi connectivity index (χ2v) is 9.16. The van der Waals surface area contributed by atoms with Crippen molar-refractivity contribution in [1.82, 2.24) is 20.3 Å². The van der Waals surface area contributed by atoms with Crippen LogP contribution in [0.2, 0.25) is 0 Å². The molecule has 0 spiro atoms. The van der Waals surface area contributed by atoms with Crippen molar-refractivity contribution in [2.75, 3.05) is 41.3 Å². The van der Waals surface area contributed by atoms with E-state index in [0.717, 1.165) is 62.2 Å². The van der Waals surface area contributed by atoms with E-state index in [0.29, 0.717) is 18.0 Å². The predicted molar refractivity (Wildman–Crippen MR) is 117 cm³/mol. The molecule has 2 atom stereocenters. The molecular weight excluding hydrogens is 378 g/mol. The Bertz CT molecular complexity index is 908. The number of hydrogen-bond donors (Lipinski definition) is 3. The van der Waals surface area contributed by atoms with Crippen molar-refractivity contribution in [3.05, 3.63) is 30.2 Å². The lowest BCUT2D eigenvalue weighted by atomic mass is 10.1. The van der Waals surface area contributed by atoms with Crippen LogP contribution in [0.25, 0.3) is 0 Å². The summed E-state index contributed by atoms with van der Waals surface area (Å²) in [6, 6.07) is 5.50.